The van der Waals surface area contributed by atoms with Gasteiger partial charge in [0.1, 0.15) is 0 Å². The van der Waals surface area contributed by atoms with E-state index in [9.17, 15) is 19.7 Å². The summed E-state index contributed by atoms with van der Waals surface area (Å²) in [6.45, 7) is 1.29. The monoisotopic (exact) mass is 335 g/mol. The van der Waals surface area contributed by atoms with Crippen molar-refractivity contribution in [2.75, 3.05) is 6.61 Å². The minimum absolute atomic E-state index is 0.00263. The molecule has 1 aliphatic carbocycles. The van der Waals surface area contributed by atoms with E-state index in [1.165, 1.54) is 18.6 Å². The van der Waals surface area contributed by atoms with Crippen molar-refractivity contribution in [3.8, 4) is 5.75 Å². The molecule has 1 saturated carbocycles. The molecule has 0 heterocycles. The van der Waals surface area contributed by atoms with Crippen molar-refractivity contribution in [1.82, 2.24) is 10.6 Å². The molecular weight excluding hydrogens is 314 g/mol. The number of nitrogens with one attached hydrogen (secondary N) is 2. The van der Waals surface area contributed by atoms with Crippen molar-refractivity contribution in [3.05, 3.63) is 33.9 Å². The van der Waals surface area contributed by atoms with Crippen LogP contribution in [0.2, 0.25) is 0 Å². The Morgan fingerprint density at radius 2 is 2.00 bits per heavy atom. The Balaban J connectivity index is 1.83. The van der Waals surface area contributed by atoms with Crippen LogP contribution in [0.5, 0.6) is 5.75 Å². The van der Waals surface area contributed by atoms with Crippen molar-refractivity contribution in [2.45, 2.75) is 45.1 Å². The third kappa shape index (κ3) is 5.22. The van der Waals surface area contributed by atoms with E-state index >= 15 is 0 Å². The molecule has 1 aliphatic rings. The van der Waals surface area contributed by atoms with Crippen molar-refractivity contribution in [3.63, 3.8) is 0 Å². The van der Waals surface area contributed by atoms with Crippen LogP contribution >= 0.6 is 0 Å². The van der Waals surface area contributed by atoms with Gasteiger partial charge in [-0.25, -0.2) is 4.79 Å². The summed E-state index contributed by atoms with van der Waals surface area (Å²) in [6, 6.07) is 3.91. The van der Waals surface area contributed by atoms with E-state index in [0.29, 0.717) is 0 Å². The standard InChI is InChI=1S/C16H21N3O5/c1-11-7-8-13(19(22)23)14(9-11)24-10-15(20)18-16(21)17-12-5-3-2-4-6-12/h7-9,12H,2-6,10H2,1H3,(H2,17,18,20,21). The maximum Gasteiger partial charge on any atom is 0.321 e. The number of nitro groups is 1. The zero-order valence-corrected chi connectivity index (χ0v) is 13.5. The minimum atomic E-state index is -0.654. The average molecular weight is 335 g/mol. The second-order valence-electron chi connectivity index (χ2n) is 5.87. The molecule has 130 valence electrons. The average Bonchev–Trinajstić information content (AvgIpc) is 2.53. The molecule has 0 aromatic heterocycles. The van der Waals surface area contributed by atoms with Crippen LogP contribution in [0.25, 0.3) is 0 Å². The molecule has 0 saturated heterocycles. The summed E-state index contributed by atoms with van der Waals surface area (Å²) >= 11 is 0. The van der Waals surface area contributed by atoms with Crippen LogP contribution in [0, 0.1) is 17.0 Å². The van der Waals surface area contributed by atoms with E-state index < -0.39 is 23.5 Å². The molecule has 24 heavy (non-hydrogen) atoms. The molecule has 2 rings (SSSR count). The Kier molecular flexibility index (Phi) is 6.11. The van der Waals surface area contributed by atoms with Crippen molar-refractivity contribution < 1.29 is 19.2 Å². The minimum Gasteiger partial charge on any atom is -0.477 e. The molecule has 3 amide bonds. The number of rotatable bonds is 5. The second kappa shape index (κ2) is 8.28. The normalized spacial score (nSPS) is 14.7. The summed E-state index contributed by atoms with van der Waals surface area (Å²) in [5.41, 5.74) is 0.547. The molecule has 1 aromatic carbocycles. The smallest absolute Gasteiger partial charge is 0.321 e. The maximum atomic E-state index is 11.8. The zero-order valence-electron chi connectivity index (χ0n) is 13.5. The van der Waals surface area contributed by atoms with Crippen LogP contribution in [0.3, 0.4) is 0 Å². The first-order valence-electron chi connectivity index (χ1n) is 7.94. The van der Waals surface area contributed by atoms with Gasteiger partial charge in [-0.05, 0) is 31.4 Å². The highest BCUT2D eigenvalue weighted by Crippen LogP contribution is 2.27. The molecule has 2 N–H and O–H groups in total. The van der Waals surface area contributed by atoms with Crippen LogP contribution in [-0.4, -0.2) is 29.5 Å². The lowest BCUT2D eigenvalue weighted by molar-refractivity contribution is -0.385. The number of benzene rings is 1. The van der Waals surface area contributed by atoms with Gasteiger partial charge >= 0.3 is 11.7 Å². The van der Waals surface area contributed by atoms with Gasteiger partial charge in [0.05, 0.1) is 4.92 Å². The fraction of sp³-hybridized carbons (Fsp3) is 0.500. The van der Waals surface area contributed by atoms with Crippen LogP contribution in [-0.2, 0) is 4.79 Å². The number of hydrogen-bond acceptors (Lipinski definition) is 5. The van der Waals surface area contributed by atoms with Gasteiger partial charge in [0.15, 0.2) is 12.4 Å². The lowest BCUT2D eigenvalue weighted by atomic mass is 9.96. The Bertz CT molecular complexity index is 626. The first-order valence-corrected chi connectivity index (χ1v) is 7.94. The molecule has 8 heteroatoms. The van der Waals surface area contributed by atoms with Crippen LogP contribution in [0.15, 0.2) is 18.2 Å². The number of amides is 3. The number of imide groups is 1. The largest absolute Gasteiger partial charge is 0.477 e. The lowest BCUT2D eigenvalue weighted by Gasteiger charge is -2.22. The second-order valence-corrected chi connectivity index (χ2v) is 5.87. The molecule has 0 radical (unpaired) electrons. The fourth-order valence-corrected chi connectivity index (χ4v) is 2.66. The summed E-state index contributed by atoms with van der Waals surface area (Å²) in [5, 5.41) is 15.9. The molecule has 0 atom stereocenters. The van der Waals surface area contributed by atoms with Gasteiger partial charge in [0.2, 0.25) is 0 Å². The lowest BCUT2D eigenvalue weighted by Crippen LogP contribution is -2.46. The molecule has 0 aliphatic heterocycles. The zero-order chi connectivity index (χ0) is 17.5. The van der Waals surface area contributed by atoms with Gasteiger partial charge in [-0.2, -0.15) is 0 Å². The van der Waals surface area contributed by atoms with E-state index in [-0.39, 0.29) is 17.5 Å². The van der Waals surface area contributed by atoms with Crippen molar-refractivity contribution in [1.29, 1.82) is 0 Å². The molecule has 0 spiro atoms. The number of urea groups is 1. The summed E-state index contributed by atoms with van der Waals surface area (Å²) in [5.74, 6) is -0.651. The Hall–Kier alpha value is -2.64. The van der Waals surface area contributed by atoms with E-state index in [1.54, 1.807) is 13.0 Å². The fourth-order valence-electron chi connectivity index (χ4n) is 2.66. The first-order chi connectivity index (χ1) is 11.5. The van der Waals surface area contributed by atoms with Crippen LogP contribution < -0.4 is 15.4 Å². The third-order valence-corrected chi connectivity index (χ3v) is 3.86. The SMILES string of the molecule is Cc1ccc([N+](=O)[O-])c(OCC(=O)NC(=O)NC2CCCCC2)c1. The van der Waals surface area contributed by atoms with Crippen LogP contribution in [0.4, 0.5) is 10.5 Å². The van der Waals surface area contributed by atoms with Crippen LogP contribution in [0.1, 0.15) is 37.7 Å². The predicted octanol–water partition coefficient (Wildman–Crippen LogP) is 2.44. The number of nitro benzene ring substituents is 1. The maximum absolute atomic E-state index is 11.8. The highest BCUT2D eigenvalue weighted by molar-refractivity contribution is 5.95. The quantitative estimate of drug-likeness (QED) is 0.634. The Labute approximate surface area is 139 Å². The number of aryl methyl sites for hydroxylation is 1. The number of carbonyl (C=O) groups excluding carboxylic acids is 2. The Morgan fingerprint density at radius 1 is 1.29 bits per heavy atom. The number of nitrogens with zero attached hydrogens (tertiary/aromatic N) is 1. The molecule has 1 fully saturated rings. The third-order valence-electron chi connectivity index (χ3n) is 3.86. The molecule has 1 aromatic rings. The first kappa shape index (κ1) is 17.7. The van der Waals surface area contributed by atoms with E-state index in [2.05, 4.69) is 10.6 Å². The highest BCUT2D eigenvalue weighted by atomic mass is 16.6. The number of ether oxygens (including phenoxy) is 1. The molecule has 0 bridgehead atoms. The summed E-state index contributed by atoms with van der Waals surface area (Å²) in [4.78, 5) is 33.9. The van der Waals surface area contributed by atoms with Gasteiger partial charge < -0.3 is 10.1 Å². The summed E-state index contributed by atoms with van der Waals surface area (Å²) < 4.78 is 5.20. The number of carbonyl (C=O) groups is 2. The van der Waals surface area contributed by atoms with Gasteiger partial charge in [-0.3, -0.25) is 20.2 Å². The van der Waals surface area contributed by atoms with E-state index in [4.69, 9.17) is 4.74 Å². The van der Waals surface area contributed by atoms with Gasteiger partial charge in [-0.1, -0.05) is 25.3 Å². The summed E-state index contributed by atoms with van der Waals surface area (Å²) in [6.07, 6.45) is 5.13. The van der Waals surface area contributed by atoms with E-state index in [1.807, 2.05) is 0 Å². The summed E-state index contributed by atoms with van der Waals surface area (Å²) in [7, 11) is 0. The number of hydrogen-bond donors (Lipinski definition) is 2. The predicted molar refractivity (Wildman–Crippen MR) is 86.9 cm³/mol. The van der Waals surface area contributed by atoms with Gasteiger partial charge in [0, 0.05) is 12.1 Å². The Morgan fingerprint density at radius 3 is 2.67 bits per heavy atom. The molecule has 0 unspecified atom stereocenters. The van der Waals surface area contributed by atoms with Crippen molar-refractivity contribution in [2.24, 2.45) is 0 Å². The molecule has 8 nitrogen and oxygen atoms in total. The molecular formula is C16H21N3O5. The van der Waals surface area contributed by atoms with E-state index in [0.717, 1.165) is 31.2 Å². The highest BCUT2D eigenvalue weighted by Gasteiger charge is 2.19. The van der Waals surface area contributed by atoms with Gasteiger partial charge in [0.25, 0.3) is 5.91 Å². The topological polar surface area (TPSA) is 111 Å². The van der Waals surface area contributed by atoms with Gasteiger partial charge in [-0.15, -0.1) is 0 Å². The van der Waals surface area contributed by atoms with Crippen molar-refractivity contribution >= 4 is 17.6 Å².